The summed E-state index contributed by atoms with van der Waals surface area (Å²) in [6.45, 7) is 16.9. The molecule has 0 saturated heterocycles. The summed E-state index contributed by atoms with van der Waals surface area (Å²) in [4.78, 5) is 32.3. The number of hydrogen-bond acceptors (Lipinski definition) is 7. The molecule has 0 saturated carbocycles. The van der Waals surface area contributed by atoms with Crippen molar-refractivity contribution in [1.29, 1.82) is 0 Å². The fourth-order valence-corrected chi connectivity index (χ4v) is 8.46. The maximum Gasteiger partial charge on any atom is 0.306 e. The smallest absolute Gasteiger partial charge is 0.306 e. The Morgan fingerprint density at radius 1 is 0.603 bits per heavy atom. The number of ether oxygens (including phenoxy) is 2. The Kier molecular flexibility index (Phi) is 35.5. The van der Waals surface area contributed by atoms with Gasteiger partial charge in [0.05, 0.1) is 25.6 Å². The SMILES string of the molecule is CCCCCCC(CCCCCC)CC(=O)OCCCCCCN(CC(O)CCCCOC(=O)CC(CCCCCC)CCCCCC)C(Cn1ccnc1)C(C)C. The van der Waals surface area contributed by atoms with Crippen molar-refractivity contribution >= 4 is 11.9 Å². The van der Waals surface area contributed by atoms with Crippen molar-refractivity contribution in [2.75, 3.05) is 26.3 Å². The second kappa shape index (κ2) is 38.0. The van der Waals surface area contributed by atoms with Crippen LogP contribution in [0.25, 0.3) is 0 Å². The molecule has 0 aliphatic rings. The second-order valence-electron chi connectivity index (χ2n) is 18.1. The van der Waals surface area contributed by atoms with Crippen LogP contribution in [-0.2, 0) is 25.6 Å². The molecule has 0 amide bonds. The fraction of sp³-hybridized carbons (Fsp3) is 0.900. The number of imidazole rings is 1. The molecule has 0 aromatic carbocycles. The maximum absolute atomic E-state index is 12.8. The summed E-state index contributed by atoms with van der Waals surface area (Å²) in [5, 5.41) is 11.3. The van der Waals surface area contributed by atoms with Crippen LogP contribution in [0.3, 0.4) is 0 Å². The number of unbranched alkanes of at least 4 members (excludes halogenated alkanes) is 16. The summed E-state index contributed by atoms with van der Waals surface area (Å²) >= 11 is 0. The quantitative estimate of drug-likeness (QED) is 0.0519. The van der Waals surface area contributed by atoms with Crippen molar-refractivity contribution in [3.63, 3.8) is 0 Å². The van der Waals surface area contributed by atoms with Crippen LogP contribution in [0.2, 0.25) is 0 Å². The van der Waals surface area contributed by atoms with Crippen molar-refractivity contribution in [3.05, 3.63) is 18.7 Å². The van der Waals surface area contributed by atoms with E-state index in [-0.39, 0.29) is 18.0 Å². The van der Waals surface area contributed by atoms with Crippen LogP contribution in [-0.4, -0.2) is 69.9 Å². The minimum Gasteiger partial charge on any atom is -0.466 e. The molecule has 1 aromatic rings. The first-order valence-corrected chi connectivity index (χ1v) is 24.9. The van der Waals surface area contributed by atoms with E-state index in [1.54, 1.807) is 0 Å². The van der Waals surface area contributed by atoms with Gasteiger partial charge in [0.15, 0.2) is 0 Å². The van der Waals surface area contributed by atoms with E-state index >= 15 is 0 Å². The first-order chi connectivity index (χ1) is 28.2. The third-order valence-corrected chi connectivity index (χ3v) is 12.2. The zero-order valence-corrected chi connectivity index (χ0v) is 39.1. The predicted molar refractivity (Wildman–Crippen MR) is 244 cm³/mol. The Morgan fingerprint density at radius 2 is 1.03 bits per heavy atom. The van der Waals surface area contributed by atoms with Gasteiger partial charge in [0.1, 0.15) is 0 Å². The van der Waals surface area contributed by atoms with Crippen LogP contribution in [0, 0.1) is 17.8 Å². The third-order valence-electron chi connectivity index (χ3n) is 12.2. The number of aliphatic hydroxyl groups is 1. The number of aliphatic hydroxyl groups excluding tert-OH is 1. The highest BCUT2D eigenvalue weighted by molar-refractivity contribution is 5.70. The molecule has 2 unspecified atom stereocenters. The average molecular weight is 818 g/mol. The van der Waals surface area contributed by atoms with Gasteiger partial charge in [-0.3, -0.25) is 14.5 Å². The summed E-state index contributed by atoms with van der Waals surface area (Å²) in [6, 6.07) is 0.277. The maximum atomic E-state index is 12.8. The van der Waals surface area contributed by atoms with Crippen LogP contribution in [0.1, 0.15) is 228 Å². The van der Waals surface area contributed by atoms with Gasteiger partial charge in [0, 0.05) is 44.4 Å². The average Bonchev–Trinajstić information content (AvgIpc) is 3.72. The Hall–Kier alpha value is -1.93. The molecule has 0 fully saturated rings. The third kappa shape index (κ3) is 30.1. The van der Waals surface area contributed by atoms with Crippen LogP contribution in [0.4, 0.5) is 0 Å². The van der Waals surface area contributed by atoms with Gasteiger partial charge in [-0.25, -0.2) is 4.98 Å². The van der Waals surface area contributed by atoms with E-state index in [9.17, 15) is 14.7 Å². The number of rotatable bonds is 42. The van der Waals surface area contributed by atoms with Gasteiger partial charge < -0.3 is 19.1 Å². The van der Waals surface area contributed by atoms with E-state index in [0.717, 1.165) is 77.3 Å². The van der Waals surface area contributed by atoms with Crippen molar-refractivity contribution < 1.29 is 24.2 Å². The molecular weight excluding hydrogens is 723 g/mol. The fourth-order valence-electron chi connectivity index (χ4n) is 8.46. The van der Waals surface area contributed by atoms with E-state index in [4.69, 9.17) is 9.47 Å². The summed E-state index contributed by atoms with van der Waals surface area (Å²) in [5.41, 5.74) is 0. The summed E-state index contributed by atoms with van der Waals surface area (Å²) in [6.07, 6.45) is 37.4. The highest BCUT2D eigenvalue weighted by Gasteiger charge is 2.24. The van der Waals surface area contributed by atoms with Crippen molar-refractivity contribution in [1.82, 2.24) is 14.5 Å². The lowest BCUT2D eigenvalue weighted by Crippen LogP contribution is -2.46. The van der Waals surface area contributed by atoms with Gasteiger partial charge in [-0.15, -0.1) is 0 Å². The highest BCUT2D eigenvalue weighted by Crippen LogP contribution is 2.24. The largest absolute Gasteiger partial charge is 0.466 e. The van der Waals surface area contributed by atoms with Crippen molar-refractivity contribution in [2.24, 2.45) is 17.8 Å². The highest BCUT2D eigenvalue weighted by atomic mass is 16.5. The van der Waals surface area contributed by atoms with Gasteiger partial charge in [-0.2, -0.15) is 0 Å². The number of aromatic nitrogens is 2. The van der Waals surface area contributed by atoms with E-state index in [2.05, 4.69) is 56.0 Å². The number of carbonyl (C=O) groups excluding carboxylic acids is 2. The molecule has 1 N–H and O–H groups in total. The zero-order valence-electron chi connectivity index (χ0n) is 39.1. The lowest BCUT2D eigenvalue weighted by atomic mass is 9.92. The molecule has 340 valence electrons. The lowest BCUT2D eigenvalue weighted by Gasteiger charge is -2.36. The Labute approximate surface area is 358 Å². The Balaban J connectivity index is 2.54. The minimum atomic E-state index is -0.433. The standard InChI is InChI=1S/C50H95N3O5/c1-7-11-15-21-29-45(30-22-16-12-8-2)39-49(55)57-37-27-20-19-26-35-53(48(44(5)6)42-52-36-34-51-43-52)41-47(54)33-25-28-38-58-50(56)40-46(31-23-17-13-9-3)32-24-18-14-10-4/h34,36,43-48,54H,7-33,35,37-42H2,1-6H3. The molecule has 0 bridgehead atoms. The Morgan fingerprint density at radius 3 is 1.47 bits per heavy atom. The van der Waals surface area contributed by atoms with E-state index in [1.165, 1.54) is 103 Å². The molecule has 2 atom stereocenters. The second-order valence-corrected chi connectivity index (χ2v) is 18.1. The first-order valence-electron chi connectivity index (χ1n) is 24.9. The van der Waals surface area contributed by atoms with E-state index in [1.807, 2.05) is 18.7 Å². The van der Waals surface area contributed by atoms with Crippen LogP contribution in [0.15, 0.2) is 18.7 Å². The molecule has 8 nitrogen and oxygen atoms in total. The summed E-state index contributed by atoms with van der Waals surface area (Å²) in [7, 11) is 0. The van der Waals surface area contributed by atoms with E-state index in [0.29, 0.717) is 56.8 Å². The Bertz CT molecular complexity index is 1030. The van der Waals surface area contributed by atoms with Gasteiger partial charge in [0.25, 0.3) is 0 Å². The molecule has 0 aliphatic carbocycles. The number of nitrogens with zero attached hydrogens (tertiary/aromatic N) is 3. The molecule has 58 heavy (non-hydrogen) atoms. The molecule has 0 spiro atoms. The monoisotopic (exact) mass is 818 g/mol. The van der Waals surface area contributed by atoms with Crippen LogP contribution in [0.5, 0.6) is 0 Å². The summed E-state index contributed by atoms with van der Waals surface area (Å²) in [5.74, 6) is 1.27. The molecule has 1 rings (SSSR count). The zero-order chi connectivity index (χ0) is 42.5. The van der Waals surface area contributed by atoms with Gasteiger partial charge in [-0.1, -0.05) is 157 Å². The van der Waals surface area contributed by atoms with Crippen LogP contribution >= 0.6 is 0 Å². The normalized spacial score (nSPS) is 12.9. The summed E-state index contributed by atoms with van der Waals surface area (Å²) < 4.78 is 13.6. The van der Waals surface area contributed by atoms with Crippen molar-refractivity contribution in [2.45, 2.75) is 246 Å². The molecule has 1 aromatic heterocycles. The topological polar surface area (TPSA) is 93.9 Å². The number of carbonyl (C=O) groups is 2. The van der Waals surface area contributed by atoms with Gasteiger partial charge >= 0.3 is 11.9 Å². The minimum absolute atomic E-state index is 0.0106. The van der Waals surface area contributed by atoms with Crippen molar-refractivity contribution in [3.8, 4) is 0 Å². The molecular formula is C50H95N3O5. The number of hydrogen-bond donors (Lipinski definition) is 1. The van der Waals surface area contributed by atoms with Gasteiger partial charge in [-0.05, 0) is 82.1 Å². The molecule has 0 radical (unpaired) electrons. The first kappa shape index (κ1) is 54.1. The van der Waals surface area contributed by atoms with E-state index < -0.39 is 6.10 Å². The van der Waals surface area contributed by atoms with Gasteiger partial charge in [0.2, 0.25) is 0 Å². The molecule has 1 heterocycles. The molecule has 0 aliphatic heterocycles. The predicted octanol–water partition coefficient (Wildman–Crippen LogP) is 13.3. The lowest BCUT2D eigenvalue weighted by molar-refractivity contribution is -0.146. The van der Waals surface area contributed by atoms with Crippen LogP contribution < -0.4 is 0 Å². The number of esters is 2. The molecule has 8 heteroatoms.